The van der Waals surface area contributed by atoms with Gasteiger partial charge in [-0.15, -0.1) is 0 Å². The zero-order valence-electron chi connectivity index (χ0n) is 10.8. The number of rotatable bonds is 4. The molecule has 1 amide bonds. The van der Waals surface area contributed by atoms with Crippen molar-refractivity contribution in [3.8, 4) is 0 Å². The molecule has 2 rings (SSSR count). The molecule has 0 fully saturated rings. The second kappa shape index (κ2) is 6.53. The number of halogens is 1. The normalized spacial score (nSPS) is 11.9. The first-order valence-electron chi connectivity index (χ1n) is 6.26. The van der Waals surface area contributed by atoms with Crippen molar-refractivity contribution in [1.82, 2.24) is 0 Å². The second-order valence-corrected chi connectivity index (χ2v) is 5.40. The maximum Gasteiger partial charge on any atom is 0.225 e. The van der Waals surface area contributed by atoms with Gasteiger partial charge in [0.2, 0.25) is 5.91 Å². The van der Waals surface area contributed by atoms with Crippen molar-refractivity contribution in [3.05, 3.63) is 64.6 Å². The molecule has 1 N–H and O–H groups in total. The summed E-state index contributed by atoms with van der Waals surface area (Å²) in [5.41, 5.74) is 2.00. The predicted molar refractivity (Wildman–Crippen MR) is 82.2 cm³/mol. The molecule has 2 aromatic rings. The van der Waals surface area contributed by atoms with Gasteiger partial charge in [0.05, 0.1) is 5.69 Å². The van der Waals surface area contributed by atoms with E-state index in [1.807, 2.05) is 42.5 Å². The van der Waals surface area contributed by atoms with Crippen molar-refractivity contribution in [1.29, 1.82) is 0 Å². The summed E-state index contributed by atoms with van der Waals surface area (Å²) < 4.78 is 0.899. The minimum Gasteiger partial charge on any atom is -0.325 e. The van der Waals surface area contributed by atoms with Crippen LogP contribution in [-0.2, 0) is 4.79 Å². The maximum absolute atomic E-state index is 12.0. The molecule has 0 heterocycles. The van der Waals surface area contributed by atoms with Crippen LogP contribution in [0.25, 0.3) is 0 Å². The summed E-state index contributed by atoms with van der Waals surface area (Å²) in [5.74, 6) is 0.243. The molecule has 19 heavy (non-hydrogen) atoms. The summed E-state index contributed by atoms with van der Waals surface area (Å²) in [4.78, 5) is 12.0. The van der Waals surface area contributed by atoms with E-state index in [4.69, 9.17) is 0 Å². The molecule has 98 valence electrons. The molecular formula is C16H16BrNO. The van der Waals surface area contributed by atoms with E-state index in [1.165, 1.54) is 5.56 Å². The zero-order valence-corrected chi connectivity index (χ0v) is 12.4. The van der Waals surface area contributed by atoms with E-state index in [-0.39, 0.29) is 11.8 Å². The number of amides is 1. The average molecular weight is 318 g/mol. The van der Waals surface area contributed by atoms with Gasteiger partial charge in [0, 0.05) is 10.9 Å². The highest BCUT2D eigenvalue weighted by Crippen LogP contribution is 2.23. The summed E-state index contributed by atoms with van der Waals surface area (Å²) >= 11 is 3.42. The molecule has 0 saturated heterocycles. The Bertz CT molecular complexity index is 554. The van der Waals surface area contributed by atoms with Crippen molar-refractivity contribution >= 4 is 27.5 Å². The molecule has 0 spiro atoms. The number of benzene rings is 2. The lowest BCUT2D eigenvalue weighted by molar-refractivity contribution is -0.116. The van der Waals surface area contributed by atoms with E-state index in [1.54, 1.807) is 0 Å². The van der Waals surface area contributed by atoms with Crippen LogP contribution in [0.3, 0.4) is 0 Å². The summed E-state index contributed by atoms with van der Waals surface area (Å²) in [5, 5.41) is 2.93. The van der Waals surface area contributed by atoms with Gasteiger partial charge in [-0.05, 0) is 39.5 Å². The first-order chi connectivity index (χ1) is 9.16. The summed E-state index contributed by atoms with van der Waals surface area (Å²) in [6.07, 6.45) is 0.478. The molecule has 0 saturated carbocycles. The summed E-state index contributed by atoms with van der Waals surface area (Å²) in [6.45, 7) is 2.06. The Balaban J connectivity index is 1.97. The Labute approximate surface area is 122 Å². The minimum atomic E-state index is 0.0308. The van der Waals surface area contributed by atoms with Crippen LogP contribution in [0.15, 0.2) is 59.1 Å². The Morgan fingerprint density at radius 1 is 1.11 bits per heavy atom. The summed E-state index contributed by atoms with van der Waals surface area (Å²) in [6, 6.07) is 17.7. The van der Waals surface area contributed by atoms with Crippen LogP contribution in [0.4, 0.5) is 5.69 Å². The fourth-order valence-electron chi connectivity index (χ4n) is 1.94. The van der Waals surface area contributed by atoms with Gasteiger partial charge >= 0.3 is 0 Å². The molecule has 0 aromatic heterocycles. The zero-order chi connectivity index (χ0) is 13.7. The van der Waals surface area contributed by atoms with Crippen molar-refractivity contribution in [2.75, 3.05) is 5.32 Å². The minimum absolute atomic E-state index is 0.0308. The van der Waals surface area contributed by atoms with E-state index in [0.29, 0.717) is 6.42 Å². The molecule has 0 unspecified atom stereocenters. The topological polar surface area (TPSA) is 29.1 Å². The van der Waals surface area contributed by atoms with Gasteiger partial charge in [0.1, 0.15) is 0 Å². The Hall–Kier alpha value is -1.61. The molecule has 0 bridgehead atoms. The van der Waals surface area contributed by atoms with Gasteiger partial charge in [0.15, 0.2) is 0 Å². The SMILES string of the molecule is C[C@@H](CC(=O)Nc1ccccc1Br)c1ccccc1. The van der Waals surface area contributed by atoms with E-state index >= 15 is 0 Å². The van der Waals surface area contributed by atoms with Gasteiger partial charge in [-0.1, -0.05) is 49.4 Å². The van der Waals surface area contributed by atoms with Gasteiger partial charge in [0.25, 0.3) is 0 Å². The van der Waals surface area contributed by atoms with Crippen LogP contribution >= 0.6 is 15.9 Å². The lowest BCUT2D eigenvalue weighted by Crippen LogP contribution is -2.14. The summed E-state index contributed by atoms with van der Waals surface area (Å²) in [7, 11) is 0. The number of nitrogens with one attached hydrogen (secondary N) is 1. The first-order valence-corrected chi connectivity index (χ1v) is 7.05. The highest BCUT2D eigenvalue weighted by atomic mass is 79.9. The second-order valence-electron chi connectivity index (χ2n) is 4.54. The van der Waals surface area contributed by atoms with E-state index < -0.39 is 0 Å². The molecule has 0 aliphatic heterocycles. The smallest absolute Gasteiger partial charge is 0.225 e. The van der Waals surface area contributed by atoms with Gasteiger partial charge in [-0.3, -0.25) is 4.79 Å². The molecule has 0 aliphatic rings. The lowest BCUT2D eigenvalue weighted by atomic mass is 9.97. The van der Waals surface area contributed by atoms with Crippen molar-refractivity contribution < 1.29 is 4.79 Å². The number of hydrogen-bond donors (Lipinski definition) is 1. The highest BCUT2D eigenvalue weighted by molar-refractivity contribution is 9.10. The van der Waals surface area contributed by atoms with Gasteiger partial charge in [-0.25, -0.2) is 0 Å². The van der Waals surface area contributed by atoms with Crippen LogP contribution in [0.2, 0.25) is 0 Å². The molecule has 3 heteroatoms. The van der Waals surface area contributed by atoms with Crippen LogP contribution < -0.4 is 5.32 Å². The quantitative estimate of drug-likeness (QED) is 0.878. The number of hydrogen-bond acceptors (Lipinski definition) is 1. The third kappa shape index (κ3) is 3.93. The Kier molecular flexibility index (Phi) is 4.74. The van der Waals surface area contributed by atoms with E-state index in [9.17, 15) is 4.79 Å². The van der Waals surface area contributed by atoms with Crippen LogP contribution in [-0.4, -0.2) is 5.91 Å². The largest absolute Gasteiger partial charge is 0.325 e. The van der Waals surface area contributed by atoms with Crippen molar-refractivity contribution in [3.63, 3.8) is 0 Å². The maximum atomic E-state index is 12.0. The number of para-hydroxylation sites is 1. The Morgan fingerprint density at radius 3 is 2.42 bits per heavy atom. The monoisotopic (exact) mass is 317 g/mol. The van der Waals surface area contributed by atoms with E-state index in [2.05, 4.69) is 40.3 Å². The number of anilines is 1. The first kappa shape index (κ1) is 13.8. The number of carbonyl (C=O) groups is 1. The fraction of sp³-hybridized carbons (Fsp3) is 0.188. The van der Waals surface area contributed by atoms with Crippen LogP contribution in [0.1, 0.15) is 24.8 Å². The third-order valence-corrected chi connectivity index (χ3v) is 3.70. The number of carbonyl (C=O) groups excluding carboxylic acids is 1. The molecule has 0 aliphatic carbocycles. The molecule has 2 aromatic carbocycles. The van der Waals surface area contributed by atoms with Crippen LogP contribution in [0.5, 0.6) is 0 Å². The van der Waals surface area contributed by atoms with Crippen molar-refractivity contribution in [2.45, 2.75) is 19.3 Å². The lowest BCUT2D eigenvalue weighted by Gasteiger charge is -2.12. The predicted octanol–water partition coefficient (Wildman–Crippen LogP) is 4.58. The van der Waals surface area contributed by atoms with Crippen molar-refractivity contribution in [2.24, 2.45) is 0 Å². The fourth-order valence-corrected chi connectivity index (χ4v) is 2.33. The molecule has 2 nitrogen and oxygen atoms in total. The van der Waals surface area contributed by atoms with Gasteiger partial charge < -0.3 is 5.32 Å². The standard InChI is InChI=1S/C16H16BrNO/c1-12(13-7-3-2-4-8-13)11-16(19)18-15-10-6-5-9-14(15)17/h2-10,12H,11H2,1H3,(H,18,19)/t12-/m0/s1. The average Bonchev–Trinajstić information content (AvgIpc) is 2.42. The molecule has 0 radical (unpaired) electrons. The third-order valence-electron chi connectivity index (χ3n) is 3.01. The molecule has 1 atom stereocenters. The molecular weight excluding hydrogens is 302 g/mol. The Morgan fingerprint density at radius 2 is 1.74 bits per heavy atom. The van der Waals surface area contributed by atoms with E-state index in [0.717, 1.165) is 10.2 Å². The highest BCUT2D eigenvalue weighted by Gasteiger charge is 2.11. The van der Waals surface area contributed by atoms with Gasteiger partial charge in [-0.2, -0.15) is 0 Å². The van der Waals surface area contributed by atoms with Crippen LogP contribution in [0, 0.1) is 0 Å².